The van der Waals surface area contributed by atoms with Crippen LogP contribution in [0.2, 0.25) is 0 Å². The van der Waals surface area contributed by atoms with E-state index in [4.69, 9.17) is 4.98 Å². The van der Waals surface area contributed by atoms with Gasteiger partial charge in [0.1, 0.15) is 0 Å². The number of aryl methyl sites for hydroxylation is 1. The molecule has 0 unspecified atom stereocenters. The highest BCUT2D eigenvalue weighted by atomic mass is 16.1. The lowest BCUT2D eigenvalue weighted by molar-refractivity contribution is -0.120. The first-order valence-electron chi connectivity index (χ1n) is 13.1. The van der Waals surface area contributed by atoms with Crippen LogP contribution in [0, 0.1) is 5.92 Å². The van der Waals surface area contributed by atoms with E-state index in [1.807, 2.05) is 6.20 Å². The van der Waals surface area contributed by atoms with Gasteiger partial charge in [0.2, 0.25) is 5.91 Å². The summed E-state index contributed by atoms with van der Waals surface area (Å²) in [5.41, 5.74) is 5.34. The summed E-state index contributed by atoms with van der Waals surface area (Å²) in [6.07, 6.45) is 26.0. The second-order valence-corrected chi connectivity index (χ2v) is 10.1. The molecule has 1 heterocycles. The van der Waals surface area contributed by atoms with Crippen molar-refractivity contribution in [2.24, 2.45) is 5.92 Å². The maximum Gasteiger partial charge on any atom is 0.227 e. The number of hydrogen-bond donors (Lipinski definition) is 1. The Bertz CT molecular complexity index is 678. The van der Waals surface area contributed by atoms with Gasteiger partial charge >= 0.3 is 0 Å². The van der Waals surface area contributed by atoms with E-state index >= 15 is 0 Å². The largest absolute Gasteiger partial charge is 0.324 e. The van der Waals surface area contributed by atoms with Gasteiger partial charge in [-0.25, -0.2) is 0 Å². The molecule has 0 aromatic carbocycles. The van der Waals surface area contributed by atoms with Crippen molar-refractivity contribution < 1.29 is 4.79 Å². The van der Waals surface area contributed by atoms with Crippen molar-refractivity contribution in [3.8, 4) is 0 Å². The van der Waals surface area contributed by atoms with E-state index in [9.17, 15) is 4.79 Å². The highest BCUT2D eigenvalue weighted by Crippen LogP contribution is 2.40. The number of nitrogens with zero attached hydrogens (tertiary/aromatic N) is 1. The fourth-order valence-corrected chi connectivity index (χ4v) is 6.15. The van der Waals surface area contributed by atoms with Gasteiger partial charge in [0, 0.05) is 11.6 Å². The monoisotopic (exact) mass is 410 g/mol. The Hall–Kier alpha value is -1.38. The number of aromatic nitrogens is 1. The van der Waals surface area contributed by atoms with E-state index < -0.39 is 0 Å². The number of pyridine rings is 1. The highest BCUT2D eigenvalue weighted by molar-refractivity contribution is 5.93. The lowest BCUT2D eigenvalue weighted by atomic mass is 9.85. The lowest BCUT2D eigenvalue weighted by Gasteiger charge is -2.25. The van der Waals surface area contributed by atoms with Crippen molar-refractivity contribution in [3.05, 3.63) is 23.0 Å². The second-order valence-electron chi connectivity index (χ2n) is 10.1. The lowest BCUT2D eigenvalue weighted by Crippen LogP contribution is -2.24. The Kier molecular flexibility index (Phi) is 8.22. The smallest absolute Gasteiger partial charge is 0.227 e. The van der Waals surface area contributed by atoms with Crippen molar-refractivity contribution in [1.29, 1.82) is 0 Å². The van der Waals surface area contributed by atoms with Gasteiger partial charge in [-0.1, -0.05) is 77.0 Å². The van der Waals surface area contributed by atoms with Gasteiger partial charge in [-0.3, -0.25) is 9.78 Å². The topological polar surface area (TPSA) is 42.0 Å². The molecule has 1 amide bonds. The molecule has 1 aromatic rings. The third kappa shape index (κ3) is 5.65. The molecule has 3 aliphatic carbocycles. The molecule has 166 valence electrons. The number of anilines is 1. The Morgan fingerprint density at radius 3 is 1.93 bits per heavy atom. The second kappa shape index (κ2) is 11.3. The van der Waals surface area contributed by atoms with Gasteiger partial charge in [0.15, 0.2) is 0 Å². The van der Waals surface area contributed by atoms with Crippen LogP contribution in [0.25, 0.3) is 0 Å². The summed E-state index contributed by atoms with van der Waals surface area (Å²) in [5, 5.41) is 3.43. The number of nitrogens with one attached hydrogen (secondary N) is 1. The molecule has 3 nitrogen and oxygen atoms in total. The minimum Gasteiger partial charge on any atom is -0.324 e. The van der Waals surface area contributed by atoms with Crippen molar-refractivity contribution >= 4 is 11.6 Å². The highest BCUT2D eigenvalue weighted by Gasteiger charge is 2.27. The quantitative estimate of drug-likeness (QED) is 0.561. The molecule has 2 fully saturated rings. The Labute approximate surface area is 183 Å². The van der Waals surface area contributed by atoms with Crippen molar-refractivity contribution in [3.63, 3.8) is 0 Å². The molecule has 0 spiro atoms. The van der Waals surface area contributed by atoms with Crippen LogP contribution in [0.5, 0.6) is 0 Å². The van der Waals surface area contributed by atoms with Gasteiger partial charge in [0.25, 0.3) is 0 Å². The van der Waals surface area contributed by atoms with Crippen LogP contribution < -0.4 is 5.32 Å². The molecule has 0 atom stereocenters. The summed E-state index contributed by atoms with van der Waals surface area (Å²) in [6, 6.07) is 0. The Balaban J connectivity index is 1.55. The van der Waals surface area contributed by atoms with E-state index in [2.05, 4.69) is 5.32 Å². The summed E-state index contributed by atoms with van der Waals surface area (Å²) < 4.78 is 0. The number of fused-ring (bicyclic) bond motifs is 1. The number of carbonyl (C=O) groups is 1. The SMILES string of the molecule is O=C(Nc1cnc2c(c1C1CCCCCCCC1)CCC2)C1CCCCCCCC1. The minimum absolute atomic E-state index is 0.185. The fraction of sp³-hybridized carbons (Fsp3) is 0.778. The third-order valence-corrected chi connectivity index (χ3v) is 7.90. The van der Waals surface area contributed by atoms with Crippen molar-refractivity contribution in [1.82, 2.24) is 4.98 Å². The van der Waals surface area contributed by atoms with Crippen molar-refractivity contribution in [2.75, 3.05) is 5.32 Å². The van der Waals surface area contributed by atoms with E-state index in [1.54, 1.807) is 0 Å². The molecule has 3 aliphatic rings. The Morgan fingerprint density at radius 2 is 1.30 bits per heavy atom. The average Bonchev–Trinajstić information content (AvgIpc) is 3.30. The summed E-state index contributed by atoms with van der Waals surface area (Å²) in [5.74, 6) is 1.06. The van der Waals surface area contributed by atoms with Crippen LogP contribution in [0.4, 0.5) is 5.69 Å². The first-order valence-corrected chi connectivity index (χ1v) is 13.1. The maximum absolute atomic E-state index is 13.3. The van der Waals surface area contributed by atoms with E-state index in [1.165, 1.54) is 113 Å². The van der Waals surface area contributed by atoms with Crippen molar-refractivity contribution in [2.45, 2.75) is 128 Å². The van der Waals surface area contributed by atoms with Crippen LogP contribution in [0.15, 0.2) is 6.20 Å². The van der Waals surface area contributed by atoms with E-state index in [0.717, 1.165) is 31.4 Å². The molecule has 30 heavy (non-hydrogen) atoms. The summed E-state index contributed by atoms with van der Waals surface area (Å²) in [6.45, 7) is 0. The Morgan fingerprint density at radius 1 is 0.733 bits per heavy atom. The van der Waals surface area contributed by atoms with Gasteiger partial charge in [0.05, 0.1) is 11.9 Å². The van der Waals surface area contributed by atoms with Gasteiger partial charge in [-0.2, -0.15) is 0 Å². The van der Waals surface area contributed by atoms with Crippen LogP contribution >= 0.6 is 0 Å². The standard InChI is InChI=1S/C27H42N2O/c30-27(22-16-11-7-3-4-8-12-17-22)29-25-20-28-24-19-13-18-23(24)26(25)21-14-9-5-1-2-6-10-15-21/h20-22H,1-19H2,(H,29,30). The first kappa shape index (κ1) is 21.8. The molecule has 0 radical (unpaired) electrons. The molecule has 0 bridgehead atoms. The molecular weight excluding hydrogens is 368 g/mol. The molecule has 0 saturated heterocycles. The van der Waals surface area contributed by atoms with E-state index in [-0.39, 0.29) is 11.8 Å². The predicted molar refractivity (Wildman–Crippen MR) is 125 cm³/mol. The van der Waals surface area contributed by atoms with E-state index in [0.29, 0.717) is 5.92 Å². The predicted octanol–water partition coefficient (Wildman–Crippen LogP) is 7.48. The third-order valence-electron chi connectivity index (χ3n) is 7.90. The summed E-state index contributed by atoms with van der Waals surface area (Å²) in [4.78, 5) is 18.1. The summed E-state index contributed by atoms with van der Waals surface area (Å²) >= 11 is 0. The molecule has 1 N–H and O–H groups in total. The zero-order chi connectivity index (χ0) is 20.6. The van der Waals surface area contributed by atoms with Crippen LogP contribution in [0.3, 0.4) is 0 Å². The number of hydrogen-bond acceptors (Lipinski definition) is 2. The van der Waals surface area contributed by atoms with Gasteiger partial charge in [-0.15, -0.1) is 0 Å². The van der Waals surface area contributed by atoms with Crippen LogP contribution in [-0.2, 0) is 17.6 Å². The average molecular weight is 411 g/mol. The number of carbonyl (C=O) groups excluding carboxylic acids is 1. The van der Waals surface area contributed by atoms with Crippen LogP contribution in [0.1, 0.15) is 132 Å². The van der Waals surface area contributed by atoms with Gasteiger partial charge in [-0.05, 0) is 62.0 Å². The normalized spacial score (nSPS) is 22.7. The fourth-order valence-electron chi connectivity index (χ4n) is 6.15. The first-order chi connectivity index (χ1) is 14.8. The minimum atomic E-state index is 0.185. The van der Waals surface area contributed by atoms with Crippen LogP contribution in [-0.4, -0.2) is 10.9 Å². The zero-order valence-corrected chi connectivity index (χ0v) is 19.0. The molecule has 1 aromatic heterocycles. The molecule has 2 saturated carbocycles. The molecule has 0 aliphatic heterocycles. The molecule has 3 heteroatoms. The molecular formula is C27H42N2O. The number of amides is 1. The molecule has 4 rings (SSSR count). The number of rotatable bonds is 3. The maximum atomic E-state index is 13.3. The summed E-state index contributed by atoms with van der Waals surface area (Å²) in [7, 11) is 0. The zero-order valence-electron chi connectivity index (χ0n) is 19.0. The van der Waals surface area contributed by atoms with Gasteiger partial charge < -0.3 is 5.32 Å².